The van der Waals surface area contributed by atoms with Crippen molar-refractivity contribution >= 4 is 24.2 Å². The molecule has 0 bridgehead atoms. The molecule has 1 unspecified atom stereocenters. The predicted octanol–water partition coefficient (Wildman–Crippen LogP) is 1.42. The molecule has 1 atom stereocenters. The topological polar surface area (TPSA) is 61.4 Å². The summed E-state index contributed by atoms with van der Waals surface area (Å²) >= 11 is 0. The Morgan fingerprint density at radius 1 is 1.24 bits per heavy atom. The van der Waals surface area contributed by atoms with E-state index in [1.54, 1.807) is 6.92 Å². The maximum Gasteiger partial charge on any atom is 0.244 e. The van der Waals surface area contributed by atoms with Gasteiger partial charge >= 0.3 is 0 Å². The average molecular weight is 320 g/mol. The Hall–Kier alpha value is -0.810. The van der Waals surface area contributed by atoms with Crippen LogP contribution in [-0.2, 0) is 9.59 Å². The largest absolute Gasteiger partial charge is 0.344 e. The summed E-state index contributed by atoms with van der Waals surface area (Å²) in [4.78, 5) is 26.1. The fourth-order valence-electron chi connectivity index (χ4n) is 2.39. The van der Waals surface area contributed by atoms with Crippen molar-refractivity contribution in [1.29, 1.82) is 0 Å². The highest BCUT2D eigenvalue weighted by Gasteiger charge is 2.29. The molecule has 1 saturated heterocycles. The van der Waals surface area contributed by atoms with Gasteiger partial charge in [-0.25, -0.2) is 0 Å². The summed E-state index contributed by atoms with van der Waals surface area (Å²) in [6.45, 7) is 9.92. The lowest BCUT2D eigenvalue weighted by Crippen LogP contribution is -2.51. The molecular weight excluding hydrogens is 290 g/mol. The minimum atomic E-state index is -0.464. The minimum absolute atomic E-state index is 0. The van der Waals surface area contributed by atoms with E-state index < -0.39 is 11.5 Å². The minimum Gasteiger partial charge on any atom is -0.344 e. The second-order valence-electron chi connectivity index (χ2n) is 6.77. The molecule has 6 heteroatoms. The van der Waals surface area contributed by atoms with Crippen molar-refractivity contribution in [1.82, 2.24) is 15.5 Å². The molecule has 0 spiro atoms. The van der Waals surface area contributed by atoms with Gasteiger partial charge in [0.1, 0.15) is 6.04 Å². The van der Waals surface area contributed by atoms with Crippen molar-refractivity contribution in [3.05, 3.63) is 0 Å². The average Bonchev–Trinajstić information content (AvgIpc) is 2.38. The fourth-order valence-corrected chi connectivity index (χ4v) is 2.39. The van der Waals surface area contributed by atoms with Gasteiger partial charge in [0.2, 0.25) is 11.8 Å². The Kier molecular flexibility index (Phi) is 8.26. The van der Waals surface area contributed by atoms with E-state index in [1.165, 1.54) is 0 Å². The second-order valence-corrected chi connectivity index (χ2v) is 6.77. The Morgan fingerprint density at radius 3 is 2.19 bits per heavy atom. The molecule has 2 N–H and O–H groups in total. The lowest BCUT2D eigenvalue weighted by Gasteiger charge is -2.34. The van der Waals surface area contributed by atoms with Gasteiger partial charge in [-0.05, 0) is 39.3 Å². The van der Waals surface area contributed by atoms with Crippen LogP contribution in [0.2, 0.25) is 0 Å². The third kappa shape index (κ3) is 6.22. The summed E-state index contributed by atoms with van der Waals surface area (Å²) in [6.07, 6.45) is 2.07. The molecule has 1 aliphatic rings. The van der Waals surface area contributed by atoms with Crippen molar-refractivity contribution in [2.45, 2.75) is 46.6 Å². The number of hydrogen-bond acceptors (Lipinski definition) is 3. The number of carbonyl (C=O) groups excluding carboxylic acids is 2. The lowest BCUT2D eigenvalue weighted by atomic mass is 9.94. The second kappa shape index (κ2) is 8.59. The van der Waals surface area contributed by atoms with E-state index in [-0.39, 0.29) is 24.2 Å². The third-order valence-corrected chi connectivity index (χ3v) is 3.82. The zero-order valence-corrected chi connectivity index (χ0v) is 14.7. The summed E-state index contributed by atoms with van der Waals surface area (Å²) in [5.41, 5.74) is -0.464. The Balaban J connectivity index is 0.00000400. The molecular formula is C15H30ClN3O2. The Morgan fingerprint density at radius 2 is 1.76 bits per heavy atom. The molecule has 124 valence electrons. The lowest BCUT2D eigenvalue weighted by molar-refractivity contribution is -0.139. The summed E-state index contributed by atoms with van der Waals surface area (Å²) in [5.74, 6) is 0.609. The zero-order valence-electron chi connectivity index (χ0n) is 13.9. The molecule has 0 aromatic heterocycles. The van der Waals surface area contributed by atoms with Crippen molar-refractivity contribution in [3.8, 4) is 0 Å². The standard InChI is InChI=1S/C15H29N3O2.ClH/c1-11(17-14(20)15(2,3)4)13(19)18-8-6-12(7-9-18)10-16-5;/h11-12,16H,6-10H2,1-5H3,(H,17,20);1H. The van der Waals surface area contributed by atoms with Crippen molar-refractivity contribution in [2.75, 3.05) is 26.7 Å². The predicted molar refractivity (Wildman–Crippen MR) is 87.5 cm³/mol. The summed E-state index contributed by atoms with van der Waals surface area (Å²) in [5, 5.41) is 6.00. The van der Waals surface area contributed by atoms with Crippen LogP contribution in [-0.4, -0.2) is 49.4 Å². The third-order valence-electron chi connectivity index (χ3n) is 3.82. The van der Waals surface area contributed by atoms with Crippen LogP contribution in [0.4, 0.5) is 0 Å². The summed E-state index contributed by atoms with van der Waals surface area (Å²) in [6, 6.07) is -0.442. The van der Waals surface area contributed by atoms with Gasteiger partial charge in [0, 0.05) is 18.5 Å². The fraction of sp³-hybridized carbons (Fsp3) is 0.867. The van der Waals surface area contributed by atoms with E-state index in [2.05, 4.69) is 10.6 Å². The first kappa shape index (κ1) is 20.2. The molecule has 1 fully saturated rings. The molecule has 5 nitrogen and oxygen atoms in total. The van der Waals surface area contributed by atoms with Crippen LogP contribution >= 0.6 is 12.4 Å². The number of rotatable bonds is 4. The van der Waals surface area contributed by atoms with Crippen LogP contribution < -0.4 is 10.6 Å². The van der Waals surface area contributed by atoms with Gasteiger partial charge in [-0.1, -0.05) is 20.8 Å². The molecule has 1 aliphatic heterocycles. The van der Waals surface area contributed by atoms with Gasteiger partial charge in [-0.2, -0.15) is 0 Å². The van der Waals surface area contributed by atoms with Crippen LogP contribution in [0.1, 0.15) is 40.5 Å². The molecule has 0 radical (unpaired) electrons. The number of nitrogens with zero attached hydrogens (tertiary/aromatic N) is 1. The van der Waals surface area contributed by atoms with Crippen LogP contribution in [0.3, 0.4) is 0 Å². The summed E-state index contributed by atoms with van der Waals surface area (Å²) in [7, 11) is 1.96. The molecule has 2 amide bonds. The van der Waals surface area contributed by atoms with Crippen molar-refractivity contribution < 1.29 is 9.59 Å². The molecule has 21 heavy (non-hydrogen) atoms. The van der Waals surface area contributed by atoms with Crippen LogP contribution in [0.15, 0.2) is 0 Å². The first-order valence-electron chi connectivity index (χ1n) is 7.50. The van der Waals surface area contributed by atoms with Gasteiger partial charge in [0.15, 0.2) is 0 Å². The Labute approximate surface area is 134 Å². The molecule has 1 heterocycles. The monoisotopic (exact) mass is 319 g/mol. The molecule has 0 aromatic rings. The smallest absolute Gasteiger partial charge is 0.244 e. The number of amides is 2. The number of hydrogen-bond donors (Lipinski definition) is 2. The number of likely N-dealkylation sites (tertiary alicyclic amines) is 1. The molecule has 0 saturated carbocycles. The van der Waals surface area contributed by atoms with E-state index >= 15 is 0 Å². The van der Waals surface area contributed by atoms with Crippen molar-refractivity contribution in [2.24, 2.45) is 11.3 Å². The van der Waals surface area contributed by atoms with Gasteiger partial charge in [0.05, 0.1) is 0 Å². The maximum absolute atomic E-state index is 12.3. The van der Waals surface area contributed by atoms with Crippen molar-refractivity contribution in [3.63, 3.8) is 0 Å². The normalized spacial score (nSPS) is 17.9. The first-order chi connectivity index (χ1) is 9.25. The Bertz CT molecular complexity index is 347. The van der Waals surface area contributed by atoms with Crippen LogP contribution in [0, 0.1) is 11.3 Å². The highest BCUT2D eigenvalue weighted by Crippen LogP contribution is 2.18. The van der Waals surface area contributed by atoms with Gasteiger partial charge in [-0.15, -0.1) is 12.4 Å². The number of nitrogens with one attached hydrogen (secondary N) is 2. The molecule has 0 aromatic carbocycles. The van der Waals surface area contributed by atoms with Crippen LogP contribution in [0.5, 0.6) is 0 Å². The zero-order chi connectivity index (χ0) is 15.3. The van der Waals surface area contributed by atoms with E-state index in [4.69, 9.17) is 0 Å². The SMILES string of the molecule is CNCC1CCN(C(=O)C(C)NC(=O)C(C)(C)C)CC1.Cl. The van der Waals surface area contributed by atoms with E-state index in [0.717, 1.165) is 32.5 Å². The van der Waals surface area contributed by atoms with Crippen LogP contribution in [0.25, 0.3) is 0 Å². The number of piperidine rings is 1. The first-order valence-corrected chi connectivity index (χ1v) is 7.50. The number of carbonyl (C=O) groups is 2. The quantitative estimate of drug-likeness (QED) is 0.824. The van der Waals surface area contributed by atoms with Gasteiger partial charge in [0.25, 0.3) is 0 Å². The van der Waals surface area contributed by atoms with E-state index in [9.17, 15) is 9.59 Å². The number of halogens is 1. The highest BCUT2D eigenvalue weighted by atomic mass is 35.5. The van der Waals surface area contributed by atoms with E-state index in [0.29, 0.717) is 5.92 Å². The molecule has 0 aliphatic carbocycles. The molecule has 1 rings (SSSR count). The summed E-state index contributed by atoms with van der Waals surface area (Å²) < 4.78 is 0. The van der Waals surface area contributed by atoms with Gasteiger partial charge in [-0.3, -0.25) is 9.59 Å². The maximum atomic E-state index is 12.3. The van der Waals surface area contributed by atoms with Gasteiger partial charge < -0.3 is 15.5 Å². The highest BCUT2D eigenvalue weighted by molar-refractivity contribution is 5.89. The van der Waals surface area contributed by atoms with E-state index in [1.807, 2.05) is 32.7 Å².